The van der Waals surface area contributed by atoms with Crippen LogP contribution in [0.5, 0.6) is 0 Å². The Balaban J connectivity index is 2.39. The summed E-state index contributed by atoms with van der Waals surface area (Å²) in [5.41, 5.74) is 0. The molecule has 2 atom stereocenters. The first kappa shape index (κ1) is 9.90. The van der Waals surface area contributed by atoms with Crippen molar-refractivity contribution < 1.29 is 4.79 Å². The van der Waals surface area contributed by atoms with E-state index in [0.717, 1.165) is 5.92 Å². The van der Waals surface area contributed by atoms with Crippen molar-refractivity contribution in [1.29, 1.82) is 0 Å². The summed E-state index contributed by atoms with van der Waals surface area (Å²) in [5.74, 6) is 1.55. The van der Waals surface area contributed by atoms with Crippen LogP contribution in [-0.4, -0.2) is 23.0 Å². The second-order valence-electron chi connectivity index (χ2n) is 3.84. The zero-order valence-electron chi connectivity index (χ0n) is 7.96. The molecule has 1 N–H and O–H groups in total. The SMILES string of the molecule is CC(C)CC1SCC(=O)NC1C. The highest BCUT2D eigenvalue weighted by Crippen LogP contribution is 2.25. The first-order valence-corrected chi connectivity index (χ1v) is 5.55. The molecule has 12 heavy (non-hydrogen) atoms. The molecule has 0 aromatic rings. The van der Waals surface area contributed by atoms with Crippen LogP contribution in [0.1, 0.15) is 27.2 Å². The molecule has 0 saturated carbocycles. The summed E-state index contributed by atoms with van der Waals surface area (Å²) in [6.07, 6.45) is 1.20. The van der Waals surface area contributed by atoms with Gasteiger partial charge in [0.15, 0.2) is 0 Å². The average Bonchev–Trinajstić information content (AvgIpc) is 1.94. The fourth-order valence-electron chi connectivity index (χ4n) is 1.45. The molecule has 2 unspecified atom stereocenters. The Hall–Kier alpha value is -0.180. The molecule has 1 saturated heterocycles. The van der Waals surface area contributed by atoms with Crippen molar-refractivity contribution in [2.45, 2.75) is 38.5 Å². The van der Waals surface area contributed by atoms with E-state index in [9.17, 15) is 4.79 Å². The quantitative estimate of drug-likeness (QED) is 0.712. The molecule has 1 aliphatic rings. The molecule has 1 heterocycles. The highest BCUT2D eigenvalue weighted by molar-refractivity contribution is 8.00. The second-order valence-corrected chi connectivity index (χ2v) is 5.06. The average molecular weight is 187 g/mol. The van der Waals surface area contributed by atoms with Gasteiger partial charge < -0.3 is 5.32 Å². The van der Waals surface area contributed by atoms with Crippen molar-refractivity contribution in [2.24, 2.45) is 5.92 Å². The van der Waals surface area contributed by atoms with Gasteiger partial charge >= 0.3 is 0 Å². The Morgan fingerprint density at radius 3 is 2.83 bits per heavy atom. The van der Waals surface area contributed by atoms with E-state index in [2.05, 4.69) is 26.1 Å². The van der Waals surface area contributed by atoms with Crippen LogP contribution < -0.4 is 5.32 Å². The van der Waals surface area contributed by atoms with E-state index in [1.54, 1.807) is 11.8 Å². The molecular formula is C9H17NOS. The lowest BCUT2D eigenvalue weighted by Crippen LogP contribution is -2.45. The summed E-state index contributed by atoms with van der Waals surface area (Å²) in [7, 11) is 0. The first-order valence-electron chi connectivity index (χ1n) is 4.50. The zero-order chi connectivity index (χ0) is 9.14. The van der Waals surface area contributed by atoms with Gasteiger partial charge in [0, 0.05) is 11.3 Å². The molecule has 0 radical (unpaired) electrons. The Morgan fingerprint density at radius 1 is 1.67 bits per heavy atom. The summed E-state index contributed by atoms with van der Waals surface area (Å²) < 4.78 is 0. The predicted molar refractivity (Wildman–Crippen MR) is 53.3 cm³/mol. The fourth-order valence-corrected chi connectivity index (χ4v) is 2.78. The van der Waals surface area contributed by atoms with Gasteiger partial charge in [-0.25, -0.2) is 0 Å². The third kappa shape index (κ3) is 2.70. The van der Waals surface area contributed by atoms with E-state index >= 15 is 0 Å². The molecule has 0 bridgehead atoms. The minimum Gasteiger partial charge on any atom is -0.352 e. The van der Waals surface area contributed by atoms with Gasteiger partial charge in [-0.15, -0.1) is 11.8 Å². The minimum absolute atomic E-state index is 0.188. The van der Waals surface area contributed by atoms with Crippen molar-refractivity contribution in [2.75, 3.05) is 5.75 Å². The number of hydrogen-bond donors (Lipinski definition) is 1. The molecule has 3 heteroatoms. The van der Waals surface area contributed by atoms with Crippen molar-refractivity contribution in [3.63, 3.8) is 0 Å². The number of hydrogen-bond acceptors (Lipinski definition) is 2. The zero-order valence-corrected chi connectivity index (χ0v) is 8.78. The van der Waals surface area contributed by atoms with Crippen molar-refractivity contribution >= 4 is 17.7 Å². The van der Waals surface area contributed by atoms with E-state index in [1.807, 2.05) is 0 Å². The Bertz CT molecular complexity index is 170. The second kappa shape index (κ2) is 4.17. The van der Waals surface area contributed by atoms with Gasteiger partial charge in [0.1, 0.15) is 0 Å². The van der Waals surface area contributed by atoms with Crippen LogP contribution in [0.25, 0.3) is 0 Å². The summed E-state index contributed by atoms with van der Waals surface area (Å²) >= 11 is 1.80. The molecule has 1 rings (SSSR count). The van der Waals surface area contributed by atoms with Crippen LogP contribution in [0.4, 0.5) is 0 Å². The van der Waals surface area contributed by atoms with Crippen molar-refractivity contribution in [1.82, 2.24) is 5.32 Å². The minimum atomic E-state index is 0.188. The van der Waals surface area contributed by atoms with Gasteiger partial charge in [-0.1, -0.05) is 13.8 Å². The molecule has 2 nitrogen and oxygen atoms in total. The monoisotopic (exact) mass is 187 g/mol. The van der Waals surface area contributed by atoms with Crippen LogP contribution in [0, 0.1) is 5.92 Å². The summed E-state index contributed by atoms with van der Waals surface area (Å²) in [6.45, 7) is 6.55. The molecule has 0 aromatic heterocycles. The van der Waals surface area contributed by atoms with E-state index < -0.39 is 0 Å². The molecule has 0 spiro atoms. The lowest BCUT2D eigenvalue weighted by Gasteiger charge is -2.30. The van der Waals surface area contributed by atoms with Crippen LogP contribution in [0.15, 0.2) is 0 Å². The van der Waals surface area contributed by atoms with E-state index in [1.165, 1.54) is 6.42 Å². The summed E-state index contributed by atoms with van der Waals surface area (Å²) in [5, 5.41) is 3.59. The van der Waals surface area contributed by atoms with E-state index in [-0.39, 0.29) is 5.91 Å². The van der Waals surface area contributed by atoms with Gasteiger partial charge in [-0.05, 0) is 19.3 Å². The Kier molecular flexibility index (Phi) is 3.44. The normalized spacial score (nSPS) is 30.5. The number of carbonyl (C=O) groups is 1. The molecule has 1 aliphatic heterocycles. The van der Waals surface area contributed by atoms with Gasteiger partial charge in [0.25, 0.3) is 0 Å². The fraction of sp³-hybridized carbons (Fsp3) is 0.889. The highest BCUT2D eigenvalue weighted by atomic mass is 32.2. The maximum atomic E-state index is 11.0. The van der Waals surface area contributed by atoms with Gasteiger partial charge in [-0.3, -0.25) is 4.79 Å². The van der Waals surface area contributed by atoms with Gasteiger partial charge in [0.05, 0.1) is 5.75 Å². The van der Waals surface area contributed by atoms with Crippen molar-refractivity contribution in [3.8, 4) is 0 Å². The molecular weight excluding hydrogens is 170 g/mol. The third-order valence-corrected chi connectivity index (χ3v) is 3.54. The standard InChI is InChI=1S/C9H17NOS/c1-6(2)4-8-7(3)10-9(11)5-12-8/h6-8H,4-5H2,1-3H3,(H,10,11). The topological polar surface area (TPSA) is 29.1 Å². The number of amides is 1. The third-order valence-electron chi connectivity index (χ3n) is 2.08. The number of carbonyl (C=O) groups excluding carboxylic acids is 1. The maximum absolute atomic E-state index is 11.0. The number of thioether (sulfide) groups is 1. The molecule has 0 aromatic carbocycles. The first-order chi connectivity index (χ1) is 5.59. The highest BCUT2D eigenvalue weighted by Gasteiger charge is 2.25. The van der Waals surface area contributed by atoms with Crippen LogP contribution in [-0.2, 0) is 4.79 Å². The summed E-state index contributed by atoms with van der Waals surface area (Å²) in [6, 6.07) is 0.346. The van der Waals surface area contributed by atoms with Gasteiger partial charge in [-0.2, -0.15) is 0 Å². The van der Waals surface area contributed by atoms with Crippen LogP contribution >= 0.6 is 11.8 Å². The Morgan fingerprint density at radius 2 is 2.33 bits per heavy atom. The van der Waals surface area contributed by atoms with E-state index in [0.29, 0.717) is 17.0 Å². The molecule has 1 amide bonds. The van der Waals surface area contributed by atoms with Gasteiger partial charge in [0.2, 0.25) is 5.91 Å². The van der Waals surface area contributed by atoms with Crippen LogP contribution in [0.2, 0.25) is 0 Å². The van der Waals surface area contributed by atoms with Crippen molar-refractivity contribution in [3.05, 3.63) is 0 Å². The van der Waals surface area contributed by atoms with E-state index in [4.69, 9.17) is 0 Å². The number of nitrogens with one attached hydrogen (secondary N) is 1. The summed E-state index contributed by atoms with van der Waals surface area (Å²) in [4.78, 5) is 11.0. The lowest BCUT2D eigenvalue weighted by molar-refractivity contribution is -0.119. The predicted octanol–water partition coefficient (Wildman–Crippen LogP) is 1.65. The lowest BCUT2D eigenvalue weighted by atomic mass is 10.0. The maximum Gasteiger partial charge on any atom is 0.230 e. The van der Waals surface area contributed by atoms with Crippen LogP contribution in [0.3, 0.4) is 0 Å². The molecule has 0 aliphatic carbocycles. The smallest absolute Gasteiger partial charge is 0.230 e. The molecule has 70 valence electrons. The Labute approximate surface area is 78.5 Å². The largest absolute Gasteiger partial charge is 0.352 e. The molecule has 1 fully saturated rings. The number of rotatable bonds is 2.